The molecule has 0 saturated heterocycles. The molecule has 0 saturated carbocycles. The quantitative estimate of drug-likeness (QED) is 0.295. The van der Waals surface area contributed by atoms with Gasteiger partial charge >= 0.3 is 5.97 Å². The van der Waals surface area contributed by atoms with Gasteiger partial charge in [-0.1, -0.05) is 11.6 Å². The molecule has 9 nitrogen and oxygen atoms in total. The molecule has 0 unspecified atom stereocenters. The maximum absolute atomic E-state index is 14.3. The van der Waals surface area contributed by atoms with Crippen LogP contribution in [0.3, 0.4) is 0 Å². The fraction of sp³-hybridized carbons (Fsp3) is 0.111. The van der Waals surface area contributed by atoms with Crippen molar-refractivity contribution in [2.75, 3.05) is 6.61 Å². The predicted octanol–water partition coefficient (Wildman–Crippen LogP) is 5.29. The van der Waals surface area contributed by atoms with Crippen molar-refractivity contribution in [1.82, 2.24) is 14.5 Å². The number of carboxylic acid groups (broad SMARTS) is 1. The van der Waals surface area contributed by atoms with Crippen LogP contribution in [0.2, 0.25) is 5.02 Å². The summed E-state index contributed by atoms with van der Waals surface area (Å²) in [6, 6.07) is 11.1. The molecule has 0 atom stereocenters. The molecule has 0 aliphatic carbocycles. The van der Waals surface area contributed by atoms with Gasteiger partial charge in [-0.05, 0) is 31.2 Å². The number of aromatic carboxylic acids is 1. The van der Waals surface area contributed by atoms with Gasteiger partial charge in [0.2, 0.25) is 0 Å². The lowest BCUT2D eigenvalue weighted by atomic mass is 10.0. The van der Waals surface area contributed by atoms with Crippen molar-refractivity contribution >= 4 is 50.0 Å². The SMILES string of the molecule is Cc1nc2cc(F)c(C#N)c(C#N)c2c(=O)n1CCOc1ccc(Cl)cc1-c1ccnc2c(C(=O)O)csc12. The average Bonchev–Trinajstić information content (AvgIpc) is 3.35. The van der Waals surface area contributed by atoms with Crippen LogP contribution in [0.4, 0.5) is 4.39 Å². The summed E-state index contributed by atoms with van der Waals surface area (Å²) in [5.74, 6) is -1.29. The zero-order chi connectivity index (χ0) is 27.8. The summed E-state index contributed by atoms with van der Waals surface area (Å²) < 4.78 is 22.3. The number of thiophene rings is 1. The zero-order valence-electron chi connectivity index (χ0n) is 20.0. The van der Waals surface area contributed by atoms with Crippen LogP contribution in [0, 0.1) is 35.4 Å². The molecule has 2 aromatic carbocycles. The minimum atomic E-state index is -1.08. The first-order chi connectivity index (χ1) is 18.7. The summed E-state index contributed by atoms with van der Waals surface area (Å²) in [7, 11) is 0. The second kappa shape index (κ2) is 10.1. The monoisotopic (exact) mass is 559 g/mol. The Morgan fingerprint density at radius 2 is 1.97 bits per heavy atom. The Kier molecular flexibility index (Phi) is 6.71. The molecule has 3 aromatic heterocycles. The second-order valence-corrected chi connectivity index (χ2v) is 9.64. The van der Waals surface area contributed by atoms with Crippen LogP contribution in [-0.4, -0.2) is 32.2 Å². The molecule has 0 amide bonds. The zero-order valence-corrected chi connectivity index (χ0v) is 21.6. The van der Waals surface area contributed by atoms with Gasteiger partial charge in [0.25, 0.3) is 5.56 Å². The number of carbonyl (C=O) groups is 1. The van der Waals surface area contributed by atoms with E-state index in [4.69, 9.17) is 16.3 Å². The third-order valence-electron chi connectivity index (χ3n) is 6.10. The van der Waals surface area contributed by atoms with Crippen LogP contribution in [-0.2, 0) is 6.54 Å². The summed E-state index contributed by atoms with van der Waals surface area (Å²) in [4.78, 5) is 33.4. The number of aromatic nitrogens is 3. The number of aryl methyl sites for hydroxylation is 1. The number of carboxylic acids is 1. The molecule has 0 radical (unpaired) electrons. The Morgan fingerprint density at radius 1 is 1.21 bits per heavy atom. The van der Waals surface area contributed by atoms with Gasteiger partial charge in [-0.3, -0.25) is 14.3 Å². The second-order valence-electron chi connectivity index (χ2n) is 8.32. The van der Waals surface area contributed by atoms with Gasteiger partial charge in [-0.15, -0.1) is 11.3 Å². The first kappa shape index (κ1) is 25.8. The van der Waals surface area contributed by atoms with Gasteiger partial charge in [0.15, 0.2) is 0 Å². The molecule has 0 spiro atoms. The topological polar surface area (TPSA) is 142 Å². The molecular formula is C27H15ClFN5O4S. The van der Waals surface area contributed by atoms with E-state index in [1.165, 1.54) is 27.5 Å². The van der Waals surface area contributed by atoms with Crippen LogP contribution in [0.25, 0.3) is 32.2 Å². The van der Waals surface area contributed by atoms with Gasteiger partial charge in [0.05, 0.1) is 38.8 Å². The lowest BCUT2D eigenvalue weighted by Crippen LogP contribution is -2.27. The van der Waals surface area contributed by atoms with Crippen LogP contribution < -0.4 is 10.3 Å². The standard InChI is InChI=1S/C27H15ClFN5O4S/c1-13-33-21-9-20(29)17(10-30)18(11-31)23(21)26(35)34(13)6-7-38-22-3-2-14(28)8-16(22)15-4-5-32-24-19(27(36)37)12-39-25(15)24/h2-5,8-9,12H,6-7H2,1H3,(H,36,37). The van der Waals surface area contributed by atoms with Crippen LogP contribution in [0.1, 0.15) is 27.3 Å². The summed E-state index contributed by atoms with van der Waals surface area (Å²) in [6.07, 6.45) is 1.51. The highest BCUT2D eigenvalue weighted by atomic mass is 35.5. The predicted molar refractivity (Wildman–Crippen MR) is 143 cm³/mol. The minimum Gasteiger partial charge on any atom is -0.491 e. The maximum Gasteiger partial charge on any atom is 0.338 e. The van der Waals surface area contributed by atoms with E-state index in [2.05, 4.69) is 9.97 Å². The number of nitrogens with zero attached hydrogens (tertiary/aromatic N) is 5. The first-order valence-corrected chi connectivity index (χ1v) is 12.6. The van der Waals surface area contributed by atoms with Crippen LogP contribution in [0.15, 0.2) is 46.7 Å². The van der Waals surface area contributed by atoms with Crippen molar-refractivity contribution in [2.24, 2.45) is 0 Å². The fourth-order valence-electron chi connectivity index (χ4n) is 4.32. The molecule has 5 rings (SSSR count). The summed E-state index contributed by atoms with van der Waals surface area (Å²) in [6.45, 7) is 1.62. The molecular weight excluding hydrogens is 545 g/mol. The Hall–Kier alpha value is -4.84. The van der Waals surface area contributed by atoms with E-state index in [1.807, 2.05) is 0 Å². The molecule has 12 heteroatoms. The van der Waals surface area contributed by atoms with Crippen LogP contribution >= 0.6 is 22.9 Å². The molecule has 192 valence electrons. The Morgan fingerprint density at radius 3 is 2.69 bits per heavy atom. The normalized spacial score (nSPS) is 10.9. The average molecular weight is 560 g/mol. The number of benzene rings is 2. The first-order valence-electron chi connectivity index (χ1n) is 11.3. The summed E-state index contributed by atoms with van der Waals surface area (Å²) in [5, 5.41) is 30.1. The lowest BCUT2D eigenvalue weighted by molar-refractivity contribution is 0.0699. The highest BCUT2D eigenvalue weighted by molar-refractivity contribution is 7.18. The van der Waals surface area contributed by atoms with Gasteiger partial charge in [-0.25, -0.2) is 14.2 Å². The Balaban J connectivity index is 1.51. The van der Waals surface area contributed by atoms with Crippen LogP contribution in [0.5, 0.6) is 5.75 Å². The van der Waals surface area contributed by atoms with Gasteiger partial charge in [0, 0.05) is 33.8 Å². The van der Waals surface area contributed by atoms with E-state index in [1.54, 1.807) is 43.3 Å². The number of rotatable bonds is 6. The van der Waals surface area contributed by atoms with E-state index in [-0.39, 0.29) is 41.0 Å². The highest BCUT2D eigenvalue weighted by Gasteiger charge is 2.20. The van der Waals surface area contributed by atoms with Crippen molar-refractivity contribution < 1.29 is 19.0 Å². The molecule has 5 aromatic rings. The third-order valence-corrected chi connectivity index (χ3v) is 7.34. The van der Waals surface area contributed by atoms with E-state index < -0.39 is 22.9 Å². The molecule has 3 heterocycles. The van der Waals surface area contributed by atoms with Crippen molar-refractivity contribution in [2.45, 2.75) is 13.5 Å². The largest absolute Gasteiger partial charge is 0.491 e. The van der Waals surface area contributed by atoms with Gasteiger partial charge in [0.1, 0.15) is 41.7 Å². The smallest absolute Gasteiger partial charge is 0.338 e. The number of pyridine rings is 1. The van der Waals surface area contributed by atoms with Gasteiger partial charge in [-0.2, -0.15) is 10.5 Å². The molecule has 1 N–H and O–H groups in total. The number of ether oxygens (including phenoxy) is 1. The van der Waals surface area contributed by atoms with E-state index in [0.717, 1.165) is 6.07 Å². The molecule has 0 fully saturated rings. The van der Waals surface area contributed by atoms with Gasteiger partial charge < -0.3 is 9.84 Å². The van der Waals surface area contributed by atoms with Crippen molar-refractivity contribution in [3.8, 4) is 29.0 Å². The van der Waals surface area contributed by atoms with E-state index in [0.29, 0.717) is 32.1 Å². The minimum absolute atomic E-state index is 0.00972. The molecule has 39 heavy (non-hydrogen) atoms. The van der Waals surface area contributed by atoms with Crippen molar-refractivity contribution in [3.05, 3.63) is 85.6 Å². The third kappa shape index (κ3) is 4.44. The Bertz CT molecular complexity index is 1970. The fourth-order valence-corrected chi connectivity index (χ4v) is 5.52. The number of halogens is 2. The molecule has 0 aliphatic heterocycles. The number of hydrogen-bond donors (Lipinski definition) is 1. The number of hydrogen-bond acceptors (Lipinski definition) is 8. The van der Waals surface area contributed by atoms with E-state index in [9.17, 15) is 29.6 Å². The molecule has 0 aliphatic rings. The Labute approximate surface area is 228 Å². The van der Waals surface area contributed by atoms with Crippen molar-refractivity contribution in [3.63, 3.8) is 0 Å². The highest BCUT2D eigenvalue weighted by Crippen LogP contribution is 2.39. The summed E-state index contributed by atoms with van der Waals surface area (Å²) in [5.41, 5.74) is 0.249. The number of nitriles is 2. The van der Waals surface area contributed by atoms with E-state index >= 15 is 0 Å². The lowest BCUT2D eigenvalue weighted by Gasteiger charge is -2.15. The maximum atomic E-state index is 14.3. The molecule has 0 bridgehead atoms. The van der Waals surface area contributed by atoms with Crippen molar-refractivity contribution in [1.29, 1.82) is 10.5 Å². The summed E-state index contributed by atoms with van der Waals surface area (Å²) >= 11 is 7.51. The number of fused-ring (bicyclic) bond motifs is 2.